The van der Waals surface area contributed by atoms with Gasteiger partial charge < -0.3 is 4.74 Å². The van der Waals surface area contributed by atoms with Crippen LogP contribution in [0, 0.1) is 17.8 Å². The second kappa shape index (κ2) is 3.72. The number of hydrogen-bond acceptors (Lipinski definition) is 2. The van der Waals surface area contributed by atoms with Crippen LogP contribution in [0.1, 0.15) is 39.5 Å². The molecule has 4 atom stereocenters. The van der Waals surface area contributed by atoms with Crippen LogP contribution in [0.15, 0.2) is 23.3 Å². The highest BCUT2D eigenvalue weighted by Gasteiger charge is 2.47. The van der Waals surface area contributed by atoms with Crippen LogP contribution in [-0.4, -0.2) is 12.1 Å². The van der Waals surface area contributed by atoms with Gasteiger partial charge in [0.1, 0.15) is 6.10 Å². The molecule has 0 unspecified atom stereocenters. The number of ether oxygens (including phenoxy) is 1. The van der Waals surface area contributed by atoms with E-state index in [1.165, 1.54) is 17.6 Å². The number of carbonyl (C=O) groups is 1. The quantitative estimate of drug-likeness (QED) is 0.512. The molecule has 0 aromatic rings. The fourth-order valence-corrected chi connectivity index (χ4v) is 3.82. The van der Waals surface area contributed by atoms with Crippen molar-refractivity contribution in [2.45, 2.75) is 45.6 Å². The van der Waals surface area contributed by atoms with Crippen LogP contribution >= 0.6 is 0 Å². The Morgan fingerprint density at radius 2 is 2.18 bits per heavy atom. The normalized spacial score (nSPS) is 40.0. The summed E-state index contributed by atoms with van der Waals surface area (Å²) in [5.41, 5.74) is 3.63. The highest BCUT2D eigenvalue weighted by molar-refractivity contribution is 5.92. The molecule has 92 valence electrons. The van der Waals surface area contributed by atoms with E-state index < -0.39 is 0 Å². The summed E-state index contributed by atoms with van der Waals surface area (Å²) < 4.78 is 5.49. The Hall–Kier alpha value is -1.05. The van der Waals surface area contributed by atoms with E-state index in [9.17, 15) is 4.79 Å². The minimum Gasteiger partial charge on any atom is -0.454 e. The van der Waals surface area contributed by atoms with E-state index in [1.807, 2.05) is 0 Å². The van der Waals surface area contributed by atoms with E-state index >= 15 is 0 Å². The summed E-state index contributed by atoms with van der Waals surface area (Å²) in [6.07, 6.45) is 4.27. The molecule has 0 N–H and O–H groups in total. The lowest BCUT2D eigenvalue weighted by Gasteiger charge is -2.21. The molecule has 0 bridgehead atoms. The highest BCUT2D eigenvalue weighted by Crippen LogP contribution is 2.50. The van der Waals surface area contributed by atoms with E-state index in [0.717, 1.165) is 24.8 Å². The molecule has 17 heavy (non-hydrogen) atoms. The van der Waals surface area contributed by atoms with Crippen molar-refractivity contribution in [1.82, 2.24) is 0 Å². The van der Waals surface area contributed by atoms with E-state index in [4.69, 9.17) is 4.74 Å². The van der Waals surface area contributed by atoms with Gasteiger partial charge in [-0.25, -0.2) is 4.79 Å². The maximum Gasteiger partial charge on any atom is 0.334 e. The van der Waals surface area contributed by atoms with Gasteiger partial charge in [0.05, 0.1) is 0 Å². The number of rotatable bonds is 1. The van der Waals surface area contributed by atoms with Crippen LogP contribution in [0.5, 0.6) is 0 Å². The molecule has 1 heterocycles. The first-order chi connectivity index (χ1) is 8.08. The van der Waals surface area contributed by atoms with Crippen molar-refractivity contribution in [1.29, 1.82) is 0 Å². The van der Waals surface area contributed by atoms with Crippen molar-refractivity contribution in [2.75, 3.05) is 0 Å². The number of carbonyl (C=O) groups excluding carboxylic acids is 1. The first kappa shape index (κ1) is 11.1. The van der Waals surface area contributed by atoms with Crippen molar-refractivity contribution in [3.05, 3.63) is 23.3 Å². The summed E-state index contributed by atoms with van der Waals surface area (Å²) in [6, 6.07) is 0. The molecule has 0 saturated heterocycles. The molecule has 0 spiro atoms. The second-order valence-corrected chi connectivity index (χ2v) is 5.96. The van der Waals surface area contributed by atoms with Crippen molar-refractivity contribution < 1.29 is 9.53 Å². The summed E-state index contributed by atoms with van der Waals surface area (Å²) in [5.74, 6) is 1.76. The smallest absolute Gasteiger partial charge is 0.334 e. The lowest BCUT2D eigenvalue weighted by molar-refractivity contribution is -0.140. The van der Waals surface area contributed by atoms with Gasteiger partial charge in [-0.15, -0.1) is 0 Å². The summed E-state index contributed by atoms with van der Waals surface area (Å²) in [7, 11) is 0. The van der Waals surface area contributed by atoms with Crippen LogP contribution in [0.2, 0.25) is 0 Å². The van der Waals surface area contributed by atoms with E-state index in [1.54, 1.807) is 0 Å². The standard InChI is InChI=1S/C15H20O2/c1-8(2)10-4-5-11-14-12(7-10)9(3)6-13(14)17-15(11)16/h9-10,12-13H,1,4-7H2,2-3H3/t9-,10+,12-,13+/m0/s1. The third-order valence-corrected chi connectivity index (χ3v) is 4.84. The Balaban J connectivity index is 1.97. The molecular formula is C15H20O2. The summed E-state index contributed by atoms with van der Waals surface area (Å²) in [6.45, 7) is 8.52. The van der Waals surface area contributed by atoms with Gasteiger partial charge in [-0.2, -0.15) is 0 Å². The maximum absolute atomic E-state index is 11.8. The number of allylic oxidation sites excluding steroid dienone is 1. The van der Waals surface area contributed by atoms with Crippen LogP contribution in [-0.2, 0) is 9.53 Å². The molecule has 2 nitrogen and oxygen atoms in total. The first-order valence-electron chi connectivity index (χ1n) is 6.67. The summed E-state index contributed by atoms with van der Waals surface area (Å²) in [4.78, 5) is 11.8. The largest absolute Gasteiger partial charge is 0.454 e. The molecule has 2 aliphatic carbocycles. The average molecular weight is 232 g/mol. The Kier molecular flexibility index (Phi) is 2.42. The third-order valence-electron chi connectivity index (χ3n) is 4.84. The van der Waals surface area contributed by atoms with Crippen LogP contribution in [0.25, 0.3) is 0 Å². The van der Waals surface area contributed by atoms with Gasteiger partial charge in [-0.1, -0.05) is 19.1 Å². The van der Waals surface area contributed by atoms with Crippen molar-refractivity contribution in [3.8, 4) is 0 Å². The van der Waals surface area contributed by atoms with Crippen molar-refractivity contribution in [3.63, 3.8) is 0 Å². The SMILES string of the molecule is C=C(C)[C@@H]1CCC2=C3[C@@H](C1)[C@@H](C)C[C@H]3OC2=O. The van der Waals surface area contributed by atoms with Gasteiger partial charge in [0.25, 0.3) is 0 Å². The van der Waals surface area contributed by atoms with Gasteiger partial charge in [0.2, 0.25) is 0 Å². The molecule has 0 aromatic carbocycles. The molecule has 1 saturated carbocycles. The van der Waals surface area contributed by atoms with E-state index in [0.29, 0.717) is 17.8 Å². The zero-order valence-corrected chi connectivity index (χ0v) is 10.7. The van der Waals surface area contributed by atoms with Crippen LogP contribution < -0.4 is 0 Å². The lowest BCUT2D eigenvalue weighted by atomic mass is 9.83. The molecule has 3 aliphatic rings. The third kappa shape index (κ3) is 1.57. The average Bonchev–Trinajstić information content (AvgIpc) is 2.62. The first-order valence-corrected chi connectivity index (χ1v) is 6.67. The zero-order valence-electron chi connectivity index (χ0n) is 10.7. The Morgan fingerprint density at radius 3 is 2.88 bits per heavy atom. The maximum atomic E-state index is 11.8. The number of hydrogen-bond donors (Lipinski definition) is 0. The highest BCUT2D eigenvalue weighted by atomic mass is 16.5. The molecule has 1 fully saturated rings. The molecule has 3 rings (SSSR count). The molecule has 0 aromatic heterocycles. The predicted octanol–water partition coefficient (Wildman–Crippen LogP) is 3.24. The Labute approximate surface area is 103 Å². The van der Waals surface area contributed by atoms with Crippen molar-refractivity contribution in [2.24, 2.45) is 17.8 Å². The van der Waals surface area contributed by atoms with Crippen LogP contribution in [0.4, 0.5) is 0 Å². The van der Waals surface area contributed by atoms with E-state index in [2.05, 4.69) is 20.4 Å². The molecule has 1 aliphatic heterocycles. The number of esters is 1. The minimum absolute atomic E-state index is 0.0377. The Bertz CT molecular complexity index is 419. The zero-order chi connectivity index (χ0) is 12.2. The Morgan fingerprint density at radius 1 is 1.41 bits per heavy atom. The summed E-state index contributed by atoms with van der Waals surface area (Å²) in [5, 5.41) is 0. The van der Waals surface area contributed by atoms with Gasteiger partial charge in [0, 0.05) is 5.57 Å². The van der Waals surface area contributed by atoms with Crippen LogP contribution in [0.3, 0.4) is 0 Å². The van der Waals surface area contributed by atoms with Gasteiger partial charge in [-0.3, -0.25) is 0 Å². The van der Waals surface area contributed by atoms with E-state index in [-0.39, 0.29) is 12.1 Å². The monoisotopic (exact) mass is 232 g/mol. The predicted molar refractivity (Wildman–Crippen MR) is 66.3 cm³/mol. The summed E-state index contributed by atoms with van der Waals surface area (Å²) >= 11 is 0. The van der Waals surface area contributed by atoms with Gasteiger partial charge in [-0.05, 0) is 55.9 Å². The minimum atomic E-state index is -0.0377. The van der Waals surface area contributed by atoms with Crippen molar-refractivity contribution >= 4 is 5.97 Å². The fourth-order valence-electron chi connectivity index (χ4n) is 3.82. The topological polar surface area (TPSA) is 26.3 Å². The van der Waals surface area contributed by atoms with Gasteiger partial charge in [0.15, 0.2) is 0 Å². The second-order valence-electron chi connectivity index (χ2n) is 5.96. The molecular weight excluding hydrogens is 212 g/mol. The molecule has 2 heteroatoms. The lowest BCUT2D eigenvalue weighted by Crippen LogP contribution is -2.12. The van der Waals surface area contributed by atoms with Gasteiger partial charge >= 0.3 is 5.97 Å². The molecule has 0 amide bonds. The molecule has 0 radical (unpaired) electrons. The fraction of sp³-hybridized carbons (Fsp3) is 0.667.